The van der Waals surface area contributed by atoms with Crippen molar-refractivity contribution in [3.8, 4) is 0 Å². The Kier molecular flexibility index (Phi) is 4.94. The highest BCUT2D eigenvalue weighted by Gasteiger charge is 2.54. The van der Waals surface area contributed by atoms with E-state index in [1.807, 2.05) is 0 Å². The van der Waals surface area contributed by atoms with Crippen molar-refractivity contribution in [3.05, 3.63) is 0 Å². The van der Waals surface area contributed by atoms with Crippen molar-refractivity contribution in [1.82, 2.24) is 0 Å². The lowest BCUT2D eigenvalue weighted by Gasteiger charge is -2.43. The van der Waals surface area contributed by atoms with E-state index in [1.165, 1.54) is 25.7 Å². The molecule has 2 fully saturated rings. The van der Waals surface area contributed by atoms with Crippen molar-refractivity contribution in [3.63, 3.8) is 0 Å². The van der Waals surface area contributed by atoms with Crippen LogP contribution in [0.15, 0.2) is 0 Å². The standard InChI is InChI=1S/C18H32O2/c1-12(2)6-5-7-13(3)14-8-9-15-17(20)16(19)10-11-18(14,15)4/h12-16,19H,5-11H2,1-4H3/t13-,14-,15?,16-,18-/m1/s1. The van der Waals surface area contributed by atoms with Crippen molar-refractivity contribution >= 4 is 5.78 Å². The van der Waals surface area contributed by atoms with Crippen molar-refractivity contribution in [1.29, 1.82) is 0 Å². The Balaban J connectivity index is 1.98. The lowest BCUT2D eigenvalue weighted by molar-refractivity contribution is -0.141. The fourth-order valence-electron chi connectivity index (χ4n) is 4.90. The molecule has 0 heterocycles. The summed E-state index contributed by atoms with van der Waals surface area (Å²) in [4.78, 5) is 12.2. The van der Waals surface area contributed by atoms with Gasteiger partial charge in [0.15, 0.2) is 5.78 Å². The molecule has 2 aliphatic carbocycles. The zero-order valence-electron chi connectivity index (χ0n) is 13.7. The van der Waals surface area contributed by atoms with Crippen molar-refractivity contribution < 1.29 is 9.90 Å². The summed E-state index contributed by atoms with van der Waals surface area (Å²) in [6.45, 7) is 9.28. The molecule has 0 bridgehead atoms. The summed E-state index contributed by atoms with van der Waals surface area (Å²) >= 11 is 0. The number of aliphatic hydroxyl groups excluding tert-OH is 1. The van der Waals surface area contributed by atoms with Crippen molar-refractivity contribution in [2.75, 3.05) is 0 Å². The van der Waals surface area contributed by atoms with E-state index in [0.29, 0.717) is 18.3 Å². The first-order valence-electron chi connectivity index (χ1n) is 8.58. The van der Waals surface area contributed by atoms with Crippen LogP contribution in [0.1, 0.15) is 72.6 Å². The van der Waals surface area contributed by atoms with Gasteiger partial charge in [0.2, 0.25) is 0 Å². The molecule has 0 amide bonds. The zero-order valence-corrected chi connectivity index (χ0v) is 13.7. The van der Waals surface area contributed by atoms with Crippen LogP contribution in [-0.2, 0) is 4.79 Å². The molecular weight excluding hydrogens is 248 g/mol. The van der Waals surface area contributed by atoms with Crippen LogP contribution in [0.5, 0.6) is 0 Å². The first-order chi connectivity index (χ1) is 9.36. The lowest BCUT2D eigenvalue weighted by Crippen LogP contribution is -2.45. The molecule has 0 aromatic rings. The molecule has 0 aliphatic heterocycles. The number of ketones is 1. The molecule has 1 N–H and O–H groups in total. The smallest absolute Gasteiger partial charge is 0.164 e. The van der Waals surface area contributed by atoms with E-state index in [-0.39, 0.29) is 17.1 Å². The van der Waals surface area contributed by atoms with Crippen LogP contribution >= 0.6 is 0 Å². The minimum absolute atomic E-state index is 0.129. The molecule has 5 atom stereocenters. The highest BCUT2D eigenvalue weighted by Crippen LogP contribution is 2.57. The summed E-state index contributed by atoms with van der Waals surface area (Å²) in [5, 5.41) is 9.82. The molecule has 0 saturated heterocycles. The zero-order chi connectivity index (χ0) is 14.9. The highest BCUT2D eigenvalue weighted by molar-refractivity contribution is 5.87. The summed E-state index contributed by atoms with van der Waals surface area (Å²) < 4.78 is 0. The predicted octanol–water partition coefficient (Wildman–Crippen LogP) is 4.21. The third-order valence-electron chi connectivity index (χ3n) is 6.17. The lowest BCUT2D eigenvalue weighted by atomic mass is 9.61. The van der Waals surface area contributed by atoms with E-state index >= 15 is 0 Å². The Labute approximate surface area is 124 Å². The Morgan fingerprint density at radius 3 is 2.55 bits per heavy atom. The number of rotatable bonds is 5. The van der Waals surface area contributed by atoms with Gasteiger partial charge in [-0.15, -0.1) is 0 Å². The minimum atomic E-state index is -0.678. The van der Waals surface area contributed by atoms with E-state index < -0.39 is 6.10 Å². The molecule has 0 radical (unpaired) electrons. The summed E-state index contributed by atoms with van der Waals surface area (Å²) in [7, 11) is 0. The van der Waals surface area contributed by atoms with Gasteiger partial charge in [-0.05, 0) is 48.9 Å². The van der Waals surface area contributed by atoms with Crippen molar-refractivity contribution in [2.45, 2.75) is 78.7 Å². The normalized spacial score (nSPS) is 39.1. The largest absolute Gasteiger partial charge is 0.385 e. The monoisotopic (exact) mass is 280 g/mol. The van der Waals surface area contributed by atoms with Gasteiger partial charge in [0.05, 0.1) is 0 Å². The molecule has 0 aromatic heterocycles. The number of hydrogen-bond donors (Lipinski definition) is 1. The summed E-state index contributed by atoms with van der Waals surface area (Å²) in [6, 6.07) is 0. The molecule has 0 spiro atoms. The van der Waals surface area contributed by atoms with Crippen LogP contribution < -0.4 is 0 Å². The van der Waals surface area contributed by atoms with Crippen LogP contribution in [-0.4, -0.2) is 17.0 Å². The number of aliphatic hydroxyl groups is 1. The third kappa shape index (κ3) is 2.95. The van der Waals surface area contributed by atoms with Gasteiger partial charge in [-0.1, -0.05) is 47.0 Å². The number of hydrogen-bond acceptors (Lipinski definition) is 2. The maximum Gasteiger partial charge on any atom is 0.164 e. The van der Waals surface area contributed by atoms with Gasteiger partial charge >= 0.3 is 0 Å². The molecule has 0 aromatic carbocycles. The maximum atomic E-state index is 12.2. The molecule has 1 unspecified atom stereocenters. The van der Waals surface area contributed by atoms with E-state index in [1.54, 1.807) is 0 Å². The van der Waals surface area contributed by atoms with Crippen LogP contribution in [0, 0.1) is 29.1 Å². The quantitative estimate of drug-likeness (QED) is 0.819. The topological polar surface area (TPSA) is 37.3 Å². The van der Waals surface area contributed by atoms with Gasteiger partial charge in [0.25, 0.3) is 0 Å². The molecule has 2 saturated carbocycles. The minimum Gasteiger partial charge on any atom is -0.385 e. The molecule has 116 valence electrons. The third-order valence-corrected chi connectivity index (χ3v) is 6.17. The number of Topliss-reactive ketones (excluding diaryl/α,β-unsaturated/α-hetero) is 1. The highest BCUT2D eigenvalue weighted by atomic mass is 16.3. The second-order valence-electron chi connectivity index (χ2n) is 8.00. The second-order valence-corrected chi connectivity index (χ2v) is 8.00. The molecular formula is C18H32O2. The van der Waals surface area contributed by atoms with Gasteiger partial charge in [0, 0.05) is 5.92 Å². The Morgan fingerprint density at radius 2 is 1.90 bits per heavy atom. The van der Waals surface area contributed by atoms with Gasteiger partial charge in [-0.25, -0.2) is 0 Å². The Morgan fingerprint density at radius 1 is 1.20 bits per heavy atom. The summed E-state index contributed by atoms with van der Waals surface area (Å²) in [5.41, 5.74) is 0.160. The van der Waals surface area contributed by atoms with Gasteiger partial charge in [-0.2, -0.15) is 0 Å². The van der Waals surface area contributed by atoms with Gasteiger partial charge < -0.3 is 5.11 Å². The predicted molar refractivity (Wildman–Crippen MR) is 82.4 cm³/mol. The SMILES string of the molecule is CC(C)CCC[C@@H](C)[C@H]1CCC2C(=O)[C@H](O)CC[C@@]21C. The van der Waals surface area contributed by atoms with Crippen LogP contribution in [0.25, 0.3) is 0 Å². The first-order valence-corrected chi connectivity index (χ1v) is 8.58. The number of carbonyl (C=O) groups excluding carboxylic acids is 1. The Hall–Kier alpha value is -0.370. The van der Waals surface area contributed by atoms with Crippen LogP contribution in [0.4, 0.5) is 0 Å². The average Bonchev–Trinajstić information content (AvgIpc) is 2.72. The maximum absolute atomic E-state index is 12.2. The second kappa shape index (κ2) is 6.17. The molecule has 2 heteroatoms. The number of fused-ring (bicyclic) bond motifs is 1. The van der Waals surface area contributed by atoms with Gasteiger partial charge in [-0.3, -0.25) is 4.79 Å². The molecule has 2 nitrogen and oxygen atoms in total. The molecule has 2 rings (SSSR count). The van der Waals surface area contributed by atoms with E-state index in [0.717, 1.165) is 18.8 Å². The van der Waals surface area contributed by atoms with Crippen molar-refractivity contribution in [2.24, 2.45) is 29.1 Å². The average molecular weight is 280 g/mol. The van der Waals surface area contributed by atoms with Crippen LogP contribution in [0.2, 0.25) is 0 Å². The van der Waals surface area contributed by atoms with Crippen LogP contribution in [0.3, 0.4) is 0 Å². The first kappa shape index (κ1) is 16.0. The molecule has 20 heavy (non-hydrogen) atoms. The fourth-order valence-corrected chi connectivity index (χ4v) is 4.90. The number of carbonyl (C=O) groups is 1. The molecule has 2 aliphatic rings. The fraction of sp³-hybridized carbons (Fsp3) is 0.944. The van der Waals surface area contributed by atoms with E-state index in [9.17, 15) is 9.90 Å². The van der Waals surface area contributed by atoms with E-state index in [4.69, 9.17) is 0 Å². The van der Waals surface area contributed by atoms with Gasteiger partial charge in [0.1, 0.15) is 6.10 Å². The summed E-state index contributed by atoms with van der Waals surface area (Å²) in [6.07, 6.45) is 7.14. The summed E-state index contributed by atoms with van der Waals surface area (Å²) in [5.74, 6) is 2.45. The Bertz CT molecular complexity index is 349. The van der Waals surface area contributed by atoms with E-state index in [2.05, 4.69) is 27.7 Å².